The summed E-state index contributed by atoms with van der Waals surface area (Å²) in [5.41, 5.74) is 1.01. The van der Waals surface area contributed by atoms with E-state index in [-0.39, 0.29) is 0 Å². The molecule has 2 aliphatic rings. The molecule has 72 valence electrons. The lowest BCUT2D eigenvalue weighted by Crippen LogP contribution is -1.99. The minimum absolute atomic E-state index is 0.370. The highest BCUT2D eigenvalue weighted by molar-refractivity contribution is 5.10. The quantitative estimate of drug-likeness (QED) is 0.648. The van der Waals surface area contributed by atoms with Crippen LogP contribution in [0.5, 0.6) is 0 Å². The van der Waals surface area contributed by atoms with Crippen molar-refractivity contribution in [2.75, 3.05) is 0 Å². The molecule has 13 heavy (non-hydrogen) atoms. The van der Waals surface area contributed by atoms with E-state index < -0.39 is 0 Å². The fraction of sp³-hybridized carbons (Fsp3) is 0.917. The highest BCUT2D eigenvalue weighted by atomic mass is 14.6. The van der Waals surface area contributed by atoms with Crippen molar-refractivity contribution >= 4 is 0 Å². The highest BCUT2D eigenvalue weighted by Gasteiger charge is 2.52. The van der Waals surface area contributed by atoms with Crippen LogP contribution in [0.3, 0.4) is 0 Å². The zero-order valence-electron chi connectivity index (χ0n) is 8.93. The largest absolute Gasteiger partial charge is 0.198 e. The molecule has 0 aromatic rings. The lowest BCUT2D eigenvalue weighted by Gasteiger charge is -2.09. The number of hydrogen-bond acceptors (Lipinski definition) is 1. The summed E-state index contributed by atoms with van der Waals surface area (Å²) < 4.78 is 0. The molecule has 0 saturated heterocycles. The molecule has 0 spiro atoms. The topological polar surface area (TPSA) is 23.8 Å². The molecule has 1 heteroatoms. The Balaban J connectivity index is 1.74. The molecule has 0 aromatic heterocycles. The molecule has 0 amide bonds. The maximum atomic E-state index is 8.78. The maximum absolute atomic E-state index is 8.78. The molecule has 0 aromatic carbocycles. The Kier molecular flexibility index (Phi) is 1.74. The van der Waals surface area contributed by atoms with E-state index in [1.807, 2.05) is 0 Å². The van der Waals surface area contributed by atoms with E-state index in [9.17, 15) is 0 Å². The number of nitriles is 1. The van der Waals surface area contributed by atoms with Crippen LogP contribution in [0.4, 0.5) is 0 Å². The van der Waals surface area contributed by atoms with Crippen molar-refractivity contribution in [2.24, 2.45) is 22.7 Å². The van der Waals surface area contributed by atoms with Crippen molar-refractivity contribution < 1.29 is 0 Å². The Morgan fingerprint density at radius 1 is 1.31 bits per heavy atom. The third-order valence-corrected chi connectivity index (χ3v) is 4.29. The van der Waals surface area contributed by atoms with E-state index >= 15 is 0 Å². The van der Waals surface area contributed by atoms with Crippen molar-refractivity contribution in [1.29, 1.82) is 5.26 Å². The summed E-state index contributed by atoms with van der Waals surface area (Å²) in [5, 5.41) is 8.78. The fourth-order valence-corrected chi connectivity index (χ4v) is 2.46. The lowest BCUT2D eigenvalue weighted by molar-refractivity contribution is 0.422. The molecule has 0 aliphatic heterocycles. The standard InChI is InChI=1S/C12H19N/c1-11(2)6-9(11)4-5-12(3)7-10(12)8-13/h9-10H,4-7H2,1-3H3/t9?,10-,12-/m1/s1. The Bertz CT molecular complexity index is 261. The average molecular weight is 177 g/mol. The van der Waals surface area contributed by atoms with E-state index in [4.69, 9.17) is 5.26 Å². The van der Waals surface area contributed by atoms with Gasteiger partial charge in [0.05, 0.1) is 12.0 Å². The first-order valence-corrected chi connectivity index (χ1v) is 5.38. The van der Waals surface area contributed by atoms with Gasteiger partial charge in [0.15, 0.2) is 0 Å². The fourth-order valence-electron chi connectivity index (χ4n) is 2.46. The number of nitrogens with zero attached hydrogens (tertiary/aromatic N) is 1. The molecule has 2 aliphatic carbocycles. The second-order valence-electron chi connectivity index (χ2n) is 5.97. The van der Waals surface area contributed by atoms with Crippen LogP contribution in [-0.4, -0.2) is 0 Å². The highest BCUT2D eigenvalue weighted by Crippen LogP contribution is 2.60. The van der Waals surface area contributed by atoms with Crippen molar-refractivity contribution in [3.8, 4) is 6.07 Å². The van der Waals surface area contributed by atoms with E-state index in [2.05, 4.69) is 26.8 Å². The molecule has 0 heterocycles. The summed E-state index contributed by atoms with van der Waals surface area (Å²) in [6.07, 6.45) is 5.18. The molecule has 0 radical (unpaired) electrons. The van der Waals surface area contributed by atoms with Crippen LogP contribution in [0.25, 0.3) is 0 Å². The molecule has 2 fully saturated rings. The summed E-state index contributed by atoms with van der Waals surface area (Å²) in [7, 11) is 0. The predicted octanol–water partition coefficient (Wildman–Crippen LogP) is 3.36. The van der Waals surface area contributed by atoms with E-state index in [0.717, 1.165) is 12.3 Å². The zero-order valence-corrected chi connectivity index (χ0v) is 8.93. The summed E-state index contributed by atoms with van der Waals surface area (Å²) in [4.78, 5) is 0. The summed E-state index contributed by atoms with van der Waals surface area (Å²) >= 11 is 0. The van der Waals surface area contributed by atoms with Gasteiger partial charge in [-0.3, -0.25) is 0 Å². The molecule has 0 N–H and O–H groups in total. The normalized spacial score (nSPS) is 45.4. The minimum Gasteiger partial charge on any atom is -0.198 e. The second-order valence-corrected chi connectivity index (χ2v) is 5.97. The number of rotatable bonds is 3. The van der Waals surface area contributed by atoms with E-state index in [0.29, 0.717) is 16.7 Å². The monoisotopic (exact) mass is 177 g/mol. The Hall–Kier alpha value is -0.510. The van der Waals surface area contributed by atoms with Gasteiger partial charge >= 0.3 is 0 Å². The van der Waals surface area contributed by atoms with Crippen molar-refractivity contribution in [3.05, 3.63) is 0 Å². The van der Waals surface area contributed by atoms with Gasteiger partial charge in [0.1, 0.15) is 0 Å². The first kappa shape index (κ1) is 9.06. The van der Waals surface area contributed by atoms with Crippen LogP contribution in [0.15, 0.2) is 0 Å². The van der Waals surface area contributed by atoms with E-state index in [1.165, 1.54) is 19.3 Å². The summed E-state index contributed by atoms with van der Waals surface area (Å²) in [6, 6.07) is 2.39. The molecule has 0 bridgehead atoms. The SMILES string of the molecule is CC1(C)CC1CC[C@]1(C)C[C@@H]1C#N. The van der Waals surface area contributed by atoms with Gasteiger partial charge < -0.3 is 0 Å². The van der Waals surface area contributed by atoms with Gasteiger partial charge in [-0.25, -0.2) is 0 Å². The molecule has 1 nitrogen and oxygen atoms in total. The molecular weight excluding hydrogens is 158 g/mol. The zero-order chi connectivity index (χ0) is 9.69. The van der Waals surface area contributed by atoms with Crippen LogP contribution < -0.4 is 0 Å². The second kappa shape index (κ2) is 2.50. The van der Waals surface area contributed by atoms with E-state index in [1.54, 1.807) is 0 Å². The number of hydrogen-bond donors (Lipinski definition) is 0. The van der Waals surface area contributed by atoms with Crippen molar-refractivity contribution in [2.45, 2.75) is 46.5 Å². The maximum Gasteiger partial charge on any atom is 0.0661 e. The van der Waals surface area contributed by atoms with Gasteiger partial charge in [-0.2, -0.15) is 5.26 Å². The predicted molar refractivity (Wildman–Crippen MR) is 52.9 cm³/mol. The Morgan fingerprint density at radius 2 is 1.92 bits per heavy atom. The lowest BCUT2D eigenvalue weighted by atomic mass is 9.96. The molecule has 2 rings (SSSR count). The third-order valence-electron chi connectivity index (χ3n) is 4.29. The summed E-state index contributed by atoms with van der Waals surface area (Å²) in [5.74, 6) is 1.32. The minimum atomic E-state index is 0.370. The van der Waals surface area contributed by atoms with Crippen molar-refractivity contribution in [3.63, 3.8) is 0 Å². The van der Waals surface area contributed by atoms with Gasteiger partial charge in [0, 0.05) is 0 Å². The average Bonchev–Trinajstić information content (AvgIpc) is 2.87. The first-order valence-electron chi connectivity index (χ1n) is 5.38. The van der Waals surface area contributed by atoms with Gasteiger partial charge in [-0.05, 0) is 42.4 Å². The van der Waals surface area contributed by atoms with Crippen LogP contribution in [0, 0.1) is 34.0 Å². The van der Waals surface area contributed by atoms with Crippen molar-refractivity contribution in [1.82, 2.24) is 0 Å². The van der Waals surface area contributed by atoms with Crippen LogP contribution >= 0.6 is 0 Å². The van der Waals surface area contributed by atoms with Gasteiger partial charge in [-0.15, -0.1) is 0 Å². The molecule has 1 unspecified atom stereocenters. The Labute approximate surface area is 81.1 Å². The third kappa shape index (κ3) is 1.59. The Morgan fingerprint density at radius 3 is 2.31 bits per heavy atom. The molecule has 2 saturated carbocycles. The smallest absolute Gasteiger partial charge is 0.0661 e. The van der Waals surface area contributed by atoms with Crippen LogP contribution in [-0.2, 0) is 0 Å². The van der Waals surface area contributed by atoms with Crippen LogP contribution in [0.1, 0.15) is 46.5 Å². The molecular formula is C12H19N. The summed E-state index contributed by atoms with van der Waals surface area (Å²) in [6.45, 7) is 6.99. The van der Waals surface area contributed by atoms with Gasteiger partial charge in [-0.1, -0.05) is 20.8 Å². The first-order chi connectivity index (χ1) is 5.98. The van der Waals surface area contributed by atoms with Gasteiger partial charge in [0.2, 0.25) is 0 Å². The van der Waals surface area contributed by atoms with Crippen LogP contribution in [0.2, 0.25) is 0 Å². The molecule has 3 atom stereocenters. The van der Waals surface area contributed by atoms with Gasteiger partial charge in [0.25, 0.3) is 0 Å².